The van der Waals surface area contributed by atoms with Gasteiger partial charge in [0.25, 0.3) is 5.69 Å². The molecule has 0 amide bonds. The highest BCUT2D eigenvalue weighted by Gasteiger charge is 2.10. The monoisotopic (exact) mass is 292 g/mol. The third-order valence-corrected chi connectivity index (χ3v) is 3.45. The number of nitriles is 1. The topological polar surface area (TPSA) is 66.9 Å². The molecule has 0 N–H and O–H groups in total. The molecule has 0 saturated carbocycles. The molecule has 0 saturated heterocycles. The maximum Gasteiger partial charge on any atom is 0.269 e. The maximum atomic E-state index is 10.7. The third-order valence-electron chi connectivity index (χ3n) is 3.45. The molecule has 0 bridgehead atoms. The summed E-state index contributed by atoms with van der Waals surface area (Å²) in [7, 11) is 0. The van der Waals surface area contributed by atoms with E-state index in [1.165, 1.54) is 17.7 Å². The van der Waals surface area contributed by atoms with Gasteiger partial charge >= 0.3 is 0 Å². The Balaban J connectivity index is 2.42. The summed E-state index contributed by atoms with van der Waals surface area (Å²) < 4.78 is 0. The van der Waals surface area contributed by atoms with Crippen molar-refractivity contribution in [1.82, 2.24) is 0 Å². The highest BCUT2D eigenvalue weighted by molar-refractivity contribution is 5.83. The van der Waals surface area contributed by atoms with Crippen LogP contribution in [-0.2, 0) is 0 Å². The molecule has 1 aliphatic carbocycles. The van der Waals surface area contributed by atoms with Crippen molar-refractivity contribution in [3.8, 4) is 6.07 Å². The molecule has 110 valence electrons. The number of nitrogens with zero attached hydrogens (tertiary/aromatic N) is 2. The molecule has 0 atom stereocenters. The molecule has 4 nitrogen and oxygen atoms in total. The quantitative estimate of drug-likeness (QED) is 0.465. The Hall–Kier alpha value is -2.93. The molecule has 0 aliphatic heterocycles. The number of hydrogen-bond acceptors (Lipinski definition) is 3. The predicted octanol–water partition coefficient (Wildman–Crippen LogP) is 4.58. The maximum absolute atomic E-state index is 10.7. The van der Waals surface area contributed by atoms with Crippen LogP contribution in [0.2, 0.25) is 0 Å². The number of benzene rings is 1. The summed E-state index contributed by atoms with van der Waals surface area (Å²) in [6, 6.07) is 8.22. The summed E-state index contributed by atoms with van der Waals surface area (Å²) in [4.78, 5) is 10.2. The molecule has 1 aromatic rings. The first-order chi connectivity index (χ1) is 10.5. The molecular formula is C18H16N2O2. The number of rotatable bonds is 3. The van der Waals surface area contributed by atoms with Crippen LogP contribution in [-0.4, -0.2) is 4.92 Å². The fraction of sp³-hybridized carbons (Fsp3) is 0.167. The van der Waals surface area contributed by atoms with Crippen LogP contribution in [0.15, 0.2) is 65.8 Å². The van der Waals surface area contributed by atoms with Gasteiger partial charge in [-0.05, 0) is 34.8 Å². The smallest absolute Gasteiger partial charge is 0.258 e. The molecule has 0 radical (unpaired) electrons. The largest absolute Gasteiger partial charge is 0.269 e. The molecule has 0 fully saturated rings. The zero-order valence-corrected chi connectivity index (χ0v) is 12.5. The average Bonchev–Trinajstić information content (AvgIpc) is 2.75. The number of nitro benzene ring substituents is 1. The molecule has 22 heavy (non-hydrogen) atoms. The van der Waals surface area contributed by atoms with Gasteiger partial charge in [0.1, 0.15) is 6.07 Å². The van der Waals surface area contributed by atoms with E-state index < -0.39 is 4.92 Å². The SMILES string of the molecule is CC(C)C1=CC=C/C(=C(\C#N)c2ccc([N+](=O)[O-])cc2)C=C1. The van der Waals surface area contributed by atoms with Crippen LogP contribution in [0.25, 0.3) is 5.57 Å². The zero-order chi connectivity index (χ0) is 16.1. The van der Waals surface area contributed by atoms with E-state index in [1.807, 2.05) is 30.4 Å². The van der Waals surface area contributed by atoms with Crippen molar-refractivity contribution < 1.29 is 4.92 Å². The Morgan fingerprint density at radius 2 is 1.86 bits per heavy atom. The van der Waals surface area contributed by atoms with Gasteiger partial charge in [0.15, 0.2) is 0 Å². The van der Waals surface area contributed by atoms with E-state index in [-0.39, 0.29) is 5.69 Å². The van der Waals surface area contributed by atoms with Gasteiger partial charge in [0.2, 0.25) is 0 Å². The summed E-state index contributed by atoms with van der Waals surface area (Å²) in [6.07, 6.45) is 9.75. The van der Waals surface area contributed by atoms with E-state index in [0.29, 0.717) is 17.1 Å². The van der Waals surface area contributed by atoms with Crippen LogP contribution in [0.1, 0.15) is 19.4 Å². The van der Waals surface area contributed by atoms with Gasteiger partial charge in [-0.2, -0.15) is 5.26 Å². The summed E-state index contributed by atoms with van der Waals surface area (Å²) in [5, 5.41) is 20.1. The standard InChI is InChI=1S/C18H16N2O2/c1-13(2)14-4-3-5-15(7-6-14)18(12-19)16-8-10-17(11-9-16)20(21)22/h3-11,13H,1-2H3/b18-15-. The molecule has 1 aromatic carbocycles. The average molecular weight is 292 g/mol. The van der Waals surface area contributed by atoms with Crippen molar-refractivity contribution in [2.75, 3.05) is 0 Å². The van der Waals surface area contributed by atoms with Crippen molar-refractivity contribution in [2.45, 2.75) is 13.8 Å². The van der Waals surface area contributed by atoms with E-state index >= 15 is 0 Å². The fourth-order valence-electron chi connectivity index (χ4n) is 2.16. The molecule has 2 rings (SSSR count). The van der Waals surface area contributed by atoms with E-state index in [2.05, 4.69) is 19.9 Å². The Bertz CT molecular complexity index is 742. The minimum Gasteiger partial charge on any atom is -0.258 e. The molecule has 0 heterocycles. The van der Waals surface area contributed by atoms with Gasteiger partial charge in [0, 0.05) is 12.1 Å². The minimum atomic E-state index is -0.451. The molecule has 0 unspecified atom stereocenters. The van der Waals surface area contributed by atoms with Gasteiger partial charge in [-0.25, -0.2) is 0 Å². The first-order valence-corrected chi connectivity index (χ1v) is 6.98. The number of allylic oxidation sites excluding steroid dienone is 8. The van der Waals surface area contributed by atoms with E-state index in [0.717, 1.165) is 5.57 Å². The lowest BCUT2D eigenvalue weighted by molar-refractivity contribution is -0.384. The molecule has 4 heteroatoms. The second kappa shape index (κ2) is 6.68. The molecule has 1 aliphatic rings. The lowest BCUT2D eigenvalue weighted by Crippen LogP contribution is -1.90. The van der Waals surface area contributed by atoms with Crippen LogP contribution < -0.4 is 0 Å². The van der Waals surface area contributed by atoms with Crippen molar-refractivity contribution in [1.29, 1.82) is 5.26 Å². The van der Waals surface area contributed by atoms with Crippen LogP contribution in [0.4, 0.5) is 5.69 Å². The first-order valence-electron chi connectivity index (χ1n) is 6.98. The highest BCUT2D eigenvalue weighted by Crippen LogP contribution is 2.25. The first kappa shape index (κ1) is 15.5. The normalized spacial score (nSPS) is 16.0. The van der Waals surface area contributed by atoms with E-state index in [4.69, 9.17) is 0 Å². The number of hydrogen-bond donors (Lipinski definition) is 0. The van der Waals surface area contributed by atoms with Gasteiger partial charge in [-0.3, -0.25) is 10.1 Å². The Kier molecular flexibility index (Phi) is 4.70. The van der Waals surface area contributed by atoms with Crippen LogP contribution >= 0.6 is 0 Å². The summed E-state index contributed by atoms with van der Waals surface area (Å²) in [6.45, 7) is 4.22. The lowest BCUT2D eigenvalue weighted by atomic mass is 9.99. The molecule has 0 spiro atoms. The Morgan fingerprint density at radius 3 is 2.41 bits per heavy atom. The van der Waals surface area contributed by atoms with Gasteiger partial charge in [0.05, 0.1) is 10.5 Å². The van der Waals surface area contributed by atoms with Crippen LogP contribution in [0.5, 0.6) is 0 Å². The van der Waals surface area contributed by atoms with E-state index in [9.17, 15) is 15.4 Å². The summed E-state index contributed by atoms with van der Waals surface area (Å²) in [5.41, 5.74) is 3.17. The summed E-state index contributed by atoms with van der Waals surface area (Å²) in [5.74, 6) is 0.408. The minimum absolute atomic E-state index is 0.0155. The summed E-state index contributed by atoms with van der Waals surface area (Å²) >= 11 is 0. The van der Waals surface area contributed by atoms with Crippen molar-refractivity contribution in [3.63, 3.8) is 0 Å². The Morgan fingerprint density at radius 1 is 1.18 bits per heavy atom. The number of nitro groups is 1. The van der Waals surface area contributed by atoms with Gasteiger partial charge in [-0.1, -0.05) is 44.2 Å². The van der Waals surface area contributed by atoms with Gasteiger partial charge in [-0.15, -0.1) is 0 Å². The van der Waals surface area contributed by atoms with Gasteiger partial charge < -0.3 is 0 Å². The number of non-ortho nitro benzene ring substituents is 1. The highest BCUT2D eigenvalue weighted by atomic mass is 16.6. The third kappa shape index (κ3) is 3.39. The lowest BCUT2D eigenvalue weighted by Gasteiger charge is -2.04. The van der Waals surface area contributed by atoms with Crippen molar-refractivity contribution in [3.05, 3.63) is 81.5 Å². The fourth-order valence-corrected chi connectivity index (χ4v) is 2.16. The molecule has 0 aromatic heterocycles. The van der Waals surface area contributed by atoms with Crippen molar-refractivity contribution >= 4 is 11.3 Å². The zero-order valence-electron chi connectivity index (χ0n) is 12.5. The second-order valence-corrected chi connectivity index (χ2v) is 5.26. The van der Waals surface area contributed by atoms with Crippen LogP contribution in [0.3, 0.4) is 0 Å². The van der Waals surface area contributed by atoms with Crippen LogP contribution in [0, 0.1) is 27.4 Å². The van der Waals surface area contributed by atoms with Crippen molar-refractivity contribution in [2.24, 2.45) is 5.92 Å². The Labute approximate surface area is 129 Å². The second-order valence-electron chi connectivity index (χ2n) is 5.26. The molecular weight excluding hydrogens is 276 g/mol. The van der Waals surface area contributed by atoms with E-state index in [1.54, 1.807) is 12.1 Å². The predicted molar refractivity (Wildman–Crippen MR) is 86.8 cm³/mol.